The third kappa shape index (κ3) is 6.29. The fourth-order valence-corrected chi connectivity index (χ4v) is 2.80. The van der Waals surface area contributed by atoms with Crippen molar-refractivity contribution in [2.24, 2.45) is 0 Å². The zero-order chi connectivity index (χ0) is 20.7. The van der Waals surface area contributed by atoms with Gasteiger partial charge in [-0.1, -0.05) is 12.1 Å². The predicted molar refractivity (Wildman–Crippen MR) is 103 cm³/mol. The molecule has 0 bridgehead atoms. The first-order chi connectivity index (χ1) is 13.2. The largest absolute Gasteiger partial charge is 0.507 e. The van der Waals surface area contributed by atoms with Crippen LogP contribution in [0.4, 0.5) is 0 Å². The van der Waals surface area contributed by atoms with E-state index in [4.69, 9.17) is 14.0 Å². The molecule has 0 radical (unpaired) electrons. The molecule has 0 saturated heterocycles. The Morgan fingerprint density at radius 1 is 1.11 bits per heavy atom. The highest BCUT2D eigenvalue weighted by atomic mass is 32.2. The number of phenols is 2. The van der Waals surface area contributed by atoms with Gasteiger partial charge in [0.1, 0.15) is 11.5 Å². The number of phenolic OH excluding ortho intramolecular Hbond substituents is 2. The summed E-state index contributed by atoms with van der Waals surface area (Å²) in [4.78, 5) is 12.3. The third-order valence-corrected chi connectivity index (χ3v) is 4.48. The molecule has 150 valence electrons. The summed E-state index contributed by atoms with van der Waals surface area (Å²) < 4.78 is 40.1. The smallest absolute Gasteiger partial charge is 0.264 e. The molecule has 0 amide bonds. The molecule has 2 rings (SSSR count). The second kappa shape index (κ2) is 9.25. The van der Waals surface area contributed by atoms with Gasteiger partial charge >= 0.3 is 0 Å². The molecule has 0 atom stereocenters. The van der Waals surface area contributed by atoms with Crippen LogP contribution in [0.25, 0.3) is 6.08 Å². The van der Waals surface area contributed by atoms with Crippen molar-refractivity contribution in [2.45, 2.75) is 6.42 Å². The summed E-state index contributed by atoms with van der Waals surface area (Å²) in [6, 6.07) is 8.75. The maximum atomic E-state index is 12.3. The predicted octanol–water partition coefficient (Wildman–Crippen LogP) is 2.66. The van der Waals surface area contributed by atoms with Crippen LogP contribution < -0.4 is 9.47 Å². The molecule has 0 heterocycles. The lowest BCUT2D eigenvalue weighted by molar-refractivity contribution is 0.104. The monoisotopic (exact) mass is 408 g/mol. The van der Waals surface area contributed by atoms with Crippen LogP contribution in [0.5, 0.6) is 23.0 Å². The fourth-order valence-electron chi connectivity index (χ4n) is 2.31. The number of carbonyl (C=O) groups excluding carboxylic acids is 1. The van der Waals surface area contributed by atoms with E-state index in [-0.39, 0.29) is 35.8 Å². The molecule has 28 heavy (non-hydrogen) atoms. The van der Waals surface area contributed by atoms with Crippen molar-refractivity contribution in [1.82, 2.24) is 0 Å². The van der Waals surface area contributed by atoms with Crippen molar-refractivity contribution < 1.29 is 37.5 Å². The number of rotatable bonds is 9. The van der Waals surface area contributed by atoms with Crippen molar-refractivity contribution in [3.05, 3.63) is 53.6 Å². The number of ketones is 1. The Labute approximate surface area is 162 Å². The van der Waals surface area contributed by atoms with Crippen molar-refractivity contribution in [1.29, 1.82) is 0 Å². The molecule has 0 unspecified atom stereocenters. The molecule has 3 N–H and O–H groups in total. The highest BCUT2D eigenvalue weighted by Crippen LogP contribution is 2.27. The molecule has 2 aromatic carbocycles. The van der Waals surface area contributed by atoms with E-state index < -0.39 is 21.7 Å². The Hall–Kier alpha value is -3.04. The first-order valence-corrected chi connectivity index (χ1v) is 9.81. The third-order valence-electron chi connectivity index (χ3n) is 3.68. The van der Waals surface area contributed by atoms with Gasteiger partial charge in [0.25, 0.3) is 10.1 Å². The van der Waals surface area contributed by atoms with Gasteiger partial charge in [0.15, 0.2) is 17.3 Å². The normalized spacial score (nSPS) is 11.5. The summed E-state index contributed by atoms with van der Waals surface area (Å²) in [6.07, 6.45) is 2.82. The molecule has 0 saturated carbocycles. The van der Waals surface area contributed by atoms with Gasteiger partial charge < -0.3 is 19.7 Å². The van der Waals surface area contributed by atoms with Crippen molar-refractivity contribution in [2.75, 3.05) is 19.5 Å². The first-order valence-electron chi connectivity index (χ1n) is 8.20. The van der Waals surface area contributed by atoms with E-state index in [1.54, 1.807) is 12.1 Å². The van der Waals surface area contributed by atoms with Gasteiger partial charge in [-0.15, -0.1) is 0 Å². The minimum Gasteiger partial charge on any atom is -0.507 e. The van der Waals surface area contributed by atoms with Crippen LogP contribution in [0, 0.1) is 0 Å². The summed E-state index contributed by atoms with van der Waals surface area (Å²) in [6.45, 7) is 0.0212. The topological polar surface area (TPSA) is 130 Å². The molecule has 8 nitrogen and oxygen atoms in total. The average Bonchev–Trinajstić information content (AvgIpc) is 2.63. The van der Waals surface area contributed by atoms with Crippen LogP contribution >= 0.6 is 0 Å². The van der Waals surface area contributed by atoms with E-state index in [0.29, 0.717) is 11.3 Å². The van der Waals surface area contributed by atoms with Crippen molar-refractivity contribution >= 4 is 22.0 Å². The van der Waals surface area contributed by atoms with Gasteiger partial charge in [-0.2, -0.15) is 8.42 Å². The second-order valence-corrected chi connectivity index (χ2v) is 7.37. The molecule has 0 aliphatic heterocycles. The maximum absolute atomic E-state index is 12.3. The zero-order valence-corrected chi connectivity index (χ0v) is 15.8. The van der Waals surface area contributed by atoms with Crippen molar-refractivity contribution in [3.8, 4) is 23.0 Å². The fraction of sp³-hybridized carbons (Fsp3) is 0.211. The number of hydrogen-bond donors (Lipinski definition) is 3. The van der Waals surface area contributed by atoms with Gasteiger partial charge in [0.05, 0.1) is 25.0 Å². The minimum atomic E-state index is -4.04. The lowest BCUT2D eigenvalue weighted by atomic mass is 10.1. The van der Waals surface area contributed by atoms with Crippen LogP contribution in [-0.2, 0) is 10.1 Å². The van der Waals surface area contributed by atoms with E-state index in [9.17, 15) is 23.4 Å². The Balaban J connectivity index is 2.00. The van der Waals surface area contributed by atoms with Gasteiger partial charge in [-0.25, -0.2) is 0 Å². The molecule has 0 aliphatic carbocycles. The van der Waals surface area contributed by atoms with E-state index in [2.05, 4.69) is 0 Å². The lowest BCUT2D eigenvalue weighted by Gasteiger charge is -2.08. The number of ether oxygens (including phenoxy) is 2. The highest BCUT2D eigenvalue weighted by Gasteiger charge is 2.10. The summed E-state index contributed by atoms with van der Waals surface area (Å²) in [7, 11) is -2.62. The quantitative estimate of drug-likeness (QED) is 0.250. The molecule has 0 aromatic heterocycles. The number of carbonyl (C=O) groups is 1. The van der Waals surface area contributed by atoms with Crippen LogP contribution in [0.1, 0.15) is 22.3 Å². The molecular weight excluding hydrogens is 388 g/mol. The second-order valence-electron chi connectivity index (χ2n) is 5.80. The number of hydrogen-bond acceptors (Lipinski definition) is 7. The number of benzene rings is 2. The summed E-state index contributed by atoms with van der Waals surface area (Å²) in [5, 5.41) is 19.8. The number of allylic oxidation sites excluding steroid dienone is 1. The van der Waals surface area contributed by atoms with Crippen LogP contribution in [0.3, 0.4) is 0 Å². The molecular formula is C19H20O8S. The average molecular weight is 408 g/mol. The standard InChI is InChI=1S/C19H20O8S/c1-26-19-8-4-13(11-18(19)22)3-7-16(20)15-6-5-14(12-17(15)21)27-9-2-10-28(23,24)25/h3-8,11-12,21-22H,2,9-10H2,1H3,(H,23,24,25). The zero-order valence-electron chi connectivity index (χ0n) is 15.0. The Morgan fingerprint density at radius 2 is 1.86 bits per heavy atom. The van der Waals surface area contributed by atoms with E-state index in [1.807, 2.05) is 0 Å². The van der Waals surface area contributed by atoms with Gasteiger partial charge in [-0.05, 0) is 42.3 Å². The van der Waals surface area contributed by atoms with Crippen molar-refractivity contribution in [3.63, 3.8) is 0 Å². The van der Waals surface area contributed by atoms with Crippen LogP contribution in [0.15, 0.2) is 42.5 Å². The highest BCUT2D eigenvalue weighted by molar-refractivity contribution is 7.85. The number of aromatic hydroxyl groups is 2. The van der Waals surface area contributed by atoms with E-state index in [1.165, 1.54) is 43.5 Å². The summed E-state index contributed by atoms with van der Waals surface area (Å²) in [5.74, 6) is -0.663. The molecule has 9 heteroatoms. The molecule has 2 aromatic rings. The first kappa shape index (κ1) is 21.3. The molecule has 0 aliphatic rings. The minimum absolute atomic E-state index is 0.0212. The Bertz CT molecular complexity index is 979. The van der Waals surface area contributed by atoms with Gasteiger partial charge in [0.2, 0.25) is 0 Å². The SMILES string of the molecule is COc1ccc(C=CC(=O)c2ccc(OCCCS(=O)(=O)O)cc2O)cc1O. The maximum Gasteiger partial charge on any atom is 0.264 e. The van der Waals surface area contributed by atoms with Gasteiger partial charge in [-0.3, -0.25) is 9.35 Å². The van der Waals surface area contributed by atoms with E-state index >= 15 is 0 Å². The number of methoxy groups -OCH3 is 1. The summed E-state index contributed by atoms with van der Waals surface area (Å²) >= 11 is 0. The Morgan fingerprint density at radius 3 is 2.46 bits per heavy atom. The lowest BCUT2D eigenvalue weighted by Crippen LogP contribution is -2.08. The summed E-state index contributed by atoms with van der Waals surface area (Å²) in [5.41, 5.74) is 0.629. The molecule has 0 spiro atoms. The Kier molecular flexibility index (Phi) is 7.02. The van der Waals surface area contributed by atoms with Gasteiger partial charge in [0, 0.05) is 6.07 Å². The van der Waals surface area contributed by atoms with E-state index in [0.717, 1.165) is 0 Å². The molecule has 0 fully saturated rings. The van der Waals surface area contributed by atoms with Crippen LogP contribution in [-0.4, -0.2) is 48.4 Å². The van der Waals surface area contributed by atoms with Crippen LogP contribution in [0.2, 0.25) is 0 Å².